The number of aromatic nitrogens is 1. The van der Waals surface area contributed by atoms with Gasteiger partial charge >= 0.3 is 6.09 Å². The molecule has 1 saturated heterocycles. The summed E-state index contributed by atoms with van der Waals surface area (Å²) in [5.41, 5.74) is 0.596. The molecule has 1 aromatic heterocycles. The zero-order valence-corrected chi connectivity index (χ0v) is 14.3. The summed E-state index contributed by atoms with van der Waals surface area (Å²) < 4.78 is 5.46. The fraction of sp³-hybridized carbons (Fsp3) is 0.647. The number of hydrogen-bond donors (Lipinski definition) is 0. The molecule has 1 aliphatic heterocycles. The van der Waals surface area contributed by atoms with Gasteiger partial charge in [-0.1, -0.05) is 13.0 Å². The molecule has 1 amide bonds. The van der Waals surface area contributed by atoms with Crippen LogP contribution in [0.1, 0.15) is 52.1 Å². The van der Waals surface area contributed by atoms with Gasteiger partial charge in [-0.25, -0.2) is 9.78 Å². The Bertz CT molecular complexity index is 525. The van der Waals surface area contributed by atoms with Crippen LogP contribution in [0.2, 0.25) is 0 Å². The van der Waals surface area contributed by atoms with E-state index in [1.165, 1.54) is 11.3 Å². The molecule has 0 saturated carbocycles. The number of ether oxygens (including phenoxy) is 1. The van der Waals surface area contributed by atoms with E-state index in [0.717, 1.165) is 25.1 Å². The van der Waals surface area contributed by atoms with Crippen molar-refractivity contribution in [2.24, 2.45) is 0 Å². The summed E-state index contributed by atoms with van der Waals surface area (Å²) in [6.07, 6.45) is 3.65. The smallest absolute Gasteiger partial charge is 0.415 e. The molecule has 2 heterocycles. The molecular weight excluding hydrogens is 278 g/mol. The minimum absolute atomic E-state index is 0.332. The first-order valence-corrected chi connectivity index (χ1v) is 7.99. The normalized spacial score (nSPS) is 19.2. The van der Waals surface area contributed by atoms with Gasteiger partial charge in [-0.15, -0.1) is 0 Å². The highest BCUT2D eigenvalue weighted by molar-refractivity contribution is 5.87. The molecule has 5 nitrogen and oxygen atoms in total. The molecule has 0 bridgehead atoms. The summed E-state index contributed by atoms with van der Waals surface area (Å²) in [7, 11) is 1.73. The maximum absolute atomic E-state index is 12.3. The molecule has 1 aliphatic rings. The third-order valence-electron chi connectivity index (χ3n) is 3.93. The minimum Gasteiger partial charge on any atom is -0.443 e. The van der Waals surface area contributed by atoms with Crippen LogP contribution in [0.25, 0.3) is 0 Å². The number of likely N-dealkylation sites (tertiary alicyclic amines) is 1. The third-order valence-corrected chi connectivity index (χ3v) is 3.93. The van der Waals surface area contributed by atoms with E-state index in [4.69, 9.17) is 4.74 Å². The average Bonchev–Trinajstić information content (AvgIpc) is 2.93. The van der Waals surface area contributed by atoms with E-state index in [1.54, 1.807) is 13.2 Å². The number of nitrogens with zero attached hydrogens (tertiary/aromatic N) is 3. The van der Waals surface area contributed by atoms with Crippen LogP contribution in [0.4, 0.5) is 10.6 Å². The van der Waals surface area contributed by atoms with Gasteiger partial charge in [0.1, 0.15) is 11.4 Å². The number of carbonyl (C=O) groups is 1. The lowest BCUT2D eigenvalue weighted by molar-refractivity contribution is 0.0587. The van der Waals surface area contributed by atoms with E-state index >= 15 is 0 Å². The quantitative estimate of drug-likeness (QED) is 0.856. The second-order valence-electron chi connectivity index (χ2n) is 6.74. The molecule has 1 atom stereocenters. The van der Waals surface area contributed by atoms with Crippen molar-refractivity contribution in [3.63, 3.8) is 0 Å². The molecule has 22 heavy (non-hydrogen) atoms. The summed E-state index contributed by atoms with van der Waals surface area (Å²) in [4.78, 5) is 20.7. The lowest BCUT2D eigenvalue weighted by Gasteiger charge is -2.29. The monoisotopic (exact) mass is 305 g/mol. The molecule has 1 unspecified atom stereocenters. The van der Waals surface area contributed by atoms with E-state index < -0.39 is 5.60 Å². The lowest BCUT2D eigenvalue weighted by atomic mass is 10.1. The highest BCUT2D eigenvalue weighted by Gasteiger charge is 2.30. The Morgan fingerprint density at radius 3 is 2.86 bits per heavy atom. The maximum Gasteiger partial charge on any atom is 0.415 e. The van der Waals surface area contributed by atoms with Crippen molar-refractivity contribution >= 4 is 11.9 Å². The first-order chi connectivity index (χ1) is 10.3. The van der Waals surface area contributed by atoms with Crippen molar-refractivity contribution in [1.82, 2.24) is 9.88 Å². The summed E-state index contributed by atoms with van der Waals surface area (Å²) in [6, 6.07) is 4.34. The van der Waals surface area contributed by atoms with Crippen molar-refractivity contribution in [3.05, 3.63) is 23.9 Å². The van der Waals surface area contributed by atoms with Crippen molar-refractivity contribution in [3.8, 4) is 0 Å². The van der Waals surface area contributed by atoms with E-state index in [9.17, 15) is 4.79 Å². The highest BCUT2D eigenvalue weighted by atomic mass is 16.6. The summed E-state index contributed by atoms with van der Waals surface area (Å²) in [5.74, 6) is 0.696. The van der Waals surface area contributed by atoms with E-state index in [2.05, 4.69) is 22.9 Å². The largest absolute Gasteiger partial charge is 0.443 e. The number of hydrogen-bond acceptors (Lipinski definition) is 4. The van der Waals surface area contributed by atoms with Gasteiger partial charge in [0.2, 0.25) is 0 Å². The number of pyridine rings is 1. The topological polar surface area (TPSA) is 45.7 Å². The number of rotatable bonds is 3. The Balaban J connectivity index is 2.26. The molecule has 0 spiro atoms. The van der Waals surface area contributed by atoms with Crippen LogP contribution in [0.3, 0.4) is 0 Å². The van der Waals surface area contributed by atoms with Crippen molar-refractivity contribution in [2.45, 2.75) is 52.2 Å². The second kappa shape index (κ2) is 6.65. The summed E-state index contributed by atoms with van der Waals surface area (Å²) >= 11 is 0. The molecule has 0 aliphatic carbocycles. The second-order valence-corrected chi connectivity index (χ2v) is 6.74. The van der Waals surface area contributed by atoms with Crippen LogP contribution in [0, 0.1) is 0 Å². The van der Waals surface area contributed by atoms with Gasteiger partial charge in [-0.3, -0.25) is 9.80 Å². The van der Waals surface area contributed by atoms with Crippen molar-refractivity contribution < 1.29 is 9.53 Å². The Labute approximate surface area is 133 Å². The van der Waals surface area contributed by atoms with Crippen molar-refractivity contribution in [1.29, 1.82) is 0 Å². The predicted octanol–water partition coefficient (Wildman–Crippen LogP) is 3.61. The zero-order chi connectivity index (χ0) is 16.3. The lowest BCUT2D eigenvalue weighted by Crippen LogP contribution is -2.35. The Morgan fingerprint density at radius 1 is 1.50 bits per heavy atom. The van der Waals surface area contributed by atoms with E-state index in [0.29, 0.717) is 11.9 Å². The number of anilines is 1. The molecule has 122 valence electrons. The molecule has 1 aromatic rings. The van der Waals surface area contributed by atoms with Crippen LogP contribution in [0.15, 0.2) is 18.3 Å². The molecule has 0 N–H and O–H groups in total. The fourth-order valence-electron chi connectivity index (χ4n) is 2.92. The van der Waals surface area contributed by atoms with Crippen LogP contribution in [-0.2, 0) is 4.74 Å². The van der Waals surface area contributed by atoms with Crippen LogP contribution in [0.5, 0.6) is 0 Å². The molecule has 2 rings (SSSR count). The van der Waals surface area contributed by atoms with Gasteiger partial charge in [0, 0.05) is 24.8 Å². The van der Waals surface area contributed by atoms with Gasteiger partial charge in [-0.2, -0.15) is 0 Å². The van der Waals surface area contributed by atoms with E-state index in [-0.39, 0.29) is 6.09 Å². The molecule has 0 radical (unpaired) electrons. The number of carbonyl (C=O) groups excluding carboxylic acids is 1. The Morgan fingerprint density at radius 2 is 2.23 bits per heavy atom. The maximum atomic E-state index is 12.3. The zero-order valence-electron chi connectivity index (χ0n) is 14.3. The summed E-state index contributed by atoms with van der Waals surface area (Å²) in [6.45, 7) is 9.89. The Hall–Kier alpha value is -1.62. The van der Waals surface area contributed by atoms with Gasteiger partial charge in [0.25, 0.3) is 0 Å². The van der Waals surface area contributed by atoms with Crippen LogP contribution >= 0.6 is 0 Å². The first kappa shape index (κ1) is 16.7. The minimum atomic E-state index is -0.511. The van der Waals surface area contributed by atoms with Crippen molar-refractivity contribution in [2.75, 3.05) is 25.0 Å². The predicted molar refractivity (Wildman–Crippen MR) is 88.1 cm³/mol. The third kappa shape index (κ3) is 3.77. The first-order valence-electron chi connectivity index (χ1n) is 7.99. The standard InChI is InChI=1S/C17H27N3O2/c1-6-20-12-8-10-14(20)13-9-7-11-18-15(13)19(5)16(21)22-17(2,3)4/h7,9,11,14H,6,8,10,12H2,1-5H3. The molecule has 5 heteroatoms. The van der Waals surface area contributed by atoms with E-state index in [1.807, 2.05) is 26.8 Å². The molecule has 0 aromatic carbocycles. The Kier molecular flexibility index (Phi) is 5.06. The summed E-state index contributed by atoms with van der Waals surface area (Å²) in [5, 5.41) is 0. The number of amides is 1. The average molecular weight is 305 g/mol. The fourth-order valence-corrected chi connectivity index (χ4v) is 2.92. The van der Waals surface area contributed by atoms with Gasteiger partial charge in [0.05, 0.1) is 0 Å². The molecule has 1 fully saturated rings. The molecular formula is C17H27N3O2. The highest BCUT2D eigenvalue weighted by Crippen LogP contribution is 2.35. The van der Waals surface area contributed by atoms with Gasteiger partial charge in [-0.05, 0) is 52.8 Å². The van der Waals surface area contributed by atoms with Gasteiger partial charge < -0.3 is 4.74 Å². The van der Waals surface area contributed by atoms with Gasteiger partial charge in [0.15, 0.2) is 0 Å². The van der Waals surface area contributed by atoms with Crippen LogP contribution < -0.4 is 4.90 Å². The SMILES string of the molecule is CCN1CCCC1c1cccnc1N(C)C(=O)OC(C)(C)C. The van der Waals surface area contributed by atoms with Crippen LogP contribution in [-0.4, -0.2) is 41.7 Å².